The van der Waals surface area contributed by atoms with Gasteiger partial charge >= 0.3 is 6.18 Å². The van der Waals surface area contributed by atoms with Crippen LogP contribution in [0.4, 0.5) is 13.2 Å². The Morgan fingerprint density at radius 2 is 0.960 bits per heavy atom. The summed E-state index contributed by atoms with van der Waals surface area (Å²) in [6.07, 6.45) is -4.43. The summed E-state index contributed by atoms with van der Waals surface area (Å²) in [7, 11) is 0. The predicted molar refractivity (Wildman–Crippen MR) is 97.8 cm³/mol. The average molecular weight is 405 g/mol. The fourth-order valence-electron chi connectivity index (χ4n) is 3.15. The van der Waals surface area contributed by atoms with Gasteiger partial charge in [0.15, 0.2) is 0 Å². The molecule has 0 aromatic heterocycles. The normalized spacial score (nSPS) is 13.4. The molecule has 0 N–H and O–H groups in total. The van der Waals surface area contributed by atoms with Crippen molar-refractivity contribution in [1.82, 2.24) is 0 Å². The van der Waals surface area contributed by atoms with Crippen molar-refractivity contribution >= 4 is 15.9 Å². The minimum absolute atomic E-state index is 0.222. The molecule has 25 heavy (non-hydrogen) atoms. The Balaban J connectivity index is 2.29. The van der Waals surface area contributed by atoms with Gasteiger partial charge in [0.05, 0.1) is 4.32 Å². The van der Waals surface area contributed by atoms with Crippen molar-refractivity contribution in [2.75, 3.05) is 0 Å². The SMILES string of the molecule is FC(F)(F)C(c1ccccc1)C(Br)(c1ccccc1)c1ccccc1. The van der Waals surface area contributed by atoms with Crippen molar-refractivity contribution in [1.29, 1.82) is 0 Å². The Morgan fingerprint density at radius 3 is 1.32 bits per heavy atom. The van der Waals surface area contributed by atoms with Crippen molar-refractivity contribution in [2.45, 2.75) is 16.4 Å². The van der Waals surface area contributed by atoms with Crippen LogP contribution in [0.3, 0.4) is 0 Å². The van der Waals surface area contributed by atoms with E-state index in [0.29, 0.717) is 11.1 Å². The lowest BCUT2D eigenvalue weighted by molar-refractivity contribution is -0.155. The molecule has 1 atom stereocenters. The Morgan fingerprint density at radius 1 is 0.600 bits per heavy atom. The Bertz CT molecular complexity index is 759. The van der Waals surface area contributed by atoms with E-state index in [4.69, 9.17) is 0 Å². The van der Waals surface area contributed by atoms with E-state index in [1.807, 2.05) is 0 Å². The highest BCUT2D eigenvalue weighted by Gasteiger charge is 2.54. The first kappa shape index (κ1) is 17.7. The standard InChI is InChI=1S/C21H16BrF3/c22-20(17-12-6-2-7-13-17,18-14-8-3-9-15-18)19(21(23,24)25)16-10-4-1-5-11-16/h1-15,19H. The lowest BCUT2D eigenvalue weighted by atomic mass is 9.76. The summed E-state index contributed by atoms with van der Waals surface area (Å²) in [4.78, 5) is 0. The maximum atomic E-state index is 14.2. The second-order valence-corrected chi connectivity index (χ2v) is 7.08. The maximum Gasteiger partial charge on any atom is 0.397 e. The van der Waals surface area contributed by atoms with Crippen LogP contribution in [0.1, 0.15) is 22.6 Å². The summed E-state index contributed by atoms with van der Waals surface area (Å²) in [5.74, 6) is -1.73. The fraction of sp³-hybridized carbons (Fsp3) is 0.143. The van der Waals surface area contributed by atoms with Gasteiger partial charge in [-0.15, -0.1) is 0 Å². The largest absolute Gasteiger partial charge is 0.397 e. The third-order valence-electron chi connectivity index (χ3n) is 4.25. The highest BCUT2D eigenvalue weighted by molar-refractivity contribution is 9.09. The monoisotopic (exact) mass is 404 g/mol. The molecule has 1 unspecified atom stereocenters. The summed E-state index contributed by atoms with van der Waals surface area (Å²) in [6, 6.07) is 25.6. The molecule has 3 rings (SSSR count). The van der Waals surface area contributed by atoms with Gasteiger partial charge in [-0.2, -0.15) is 13.2 Å². The molecule has 4 heteroatoms. The van der Waals surface area contributed by atoms with Crippen molar-refractivity contribution in [3.05, 3.63) is 108 Å². The molecule has 0 radical (unpaired) electrons. The van der Waals surface area contributed by atoms with Gasteiger partial charge < -0.3 is 0 Å². The zero-order chi connectivity index (χ0) is 17.9. The lowest BCUT2D eigenvalue weighted by Crippen LogP contribution is -2.38. The molecule has 0 aliphatic carbocycles. The van der Waals surface area contributed by atoms with Crippen LogP contribution in [0, 0.1) is 0 Å². The van der Waals surface area contributed by atoms with Gasteiger partial charge in [-0.25, -0.2) is 0 Å². The highest BCUT2D eigenvalue weighted by atomic mass is 79.9. The van der Waals surface area contributed by atoms with E-state index in [-0.39, 0.29) is 5.56 Å². The minimum Gasteiger partial charge on any atom is -0.170 e. The second-order valence-electron chi connectivity index (χ2n) is 5.83. The van der Waals surface area contributed by atoms with Crippen LogP contribution in [0.2, 0.25) is 0 Å². The average Bonchev–Trinajstić information content (AvgIpc) is 2.63. The quantitative estimate of drug-likeness (QED) is 0.425. The van der Waals surface area contributed by atoms with E-state index >= 15 is 0 Å². The summed E-state index contributed by atoms with van der Waals surface area (Å²) >= 11 is 3.52. The van der Waals surface area contributed by atoms with Gasteiger partial charge in [0.25, 0.3) is 0 Å². The van der Waals surface area contributed by atoms with Crippen molar-refractivity contribution < 1.29 is 13.2 Å². The number of alkyl halides is 4. The number of benzene rings is 3. The van der Waals surface area contributed by atoms with Gasteiger partial charge in [-0.3, -0.25) is 0 Å². The van der Waals surface area contributed by atoms with Crippen LogP contribution in [0.15, 0.2) is 91.0 Å². The summed E-state index contributed by atoms with van der Waals surface area (Å²) in [5.41, 5.74) is 1.35. The molecule has 0 amide bonds. The summed E-state index contributed by atoms with van der Waals surface area (Å²) in [6.45, 7) is 0. The van der Waals surface area contributed by atoms with E-state index in [9.17, 15) is 13.2 Å². The van der Waals surface area contributed by atoms with E-state index in [1.54, 1.807) is 78.9 Å². The molecule has 3 aromatic rings. The Kier molecular flexibility index (Phi) is 5.00. The van der Waals surface area contributed by atoms with E-state index < -0.39 is 16.4 Å². The zero-order valence-corrected chi connectivity index (χ0v) is 14.8. The highest BCUT2D eigenvalue weighted by Crippen LogP contribution is 2.55. The van der Waals surface area contributed by atoms with Crippen LogP contribution in [-0.4, -0.2) is 6.18 Å². The van der Waals surface area contributed by atoms with E-state index in [0.717, 1.165) is 0 Å². The first-order chi connectivity index (χ1) is 11.9. The van der Waals surface area contributed by atoms with E-state index in [2.05, 4.69) is 15.9 Å². The third-order valence-corrected chi connectivity index (χ3v) is 5.62. The molecule has 0 bridgehead atoms. The van der Waals surface area contributed by atoms with Crippen LogP contribution in [-0.2, 0) is 4.32 Å². The molecule has 3 aromatic carbocycles. The summed E-state index contributed by atoms with van der Waals surface area (Å²) in [5, 5.41) is 0. The van der Waals surface area contributed by atoms with Gasteiger partial charge in [0, 0.05) is 0 Å². The summed E-state index contributed by atoms with van der Waals surface area (Å²) < 4.78 is 41.3. The maximum absolute atomic E-state index is 14.2. The Labute approximate surface area is 153 Å². The van der Waals surface area contributed by atoms with Gasteiger partial charge in [0.1, 0.15) is 5.92 Å². The van der Waals surface area contributed by atoms with Gasteiger partial charge in [-0.05, 0) is 16.7 Å². The zero-order valence-electron chi connectivity index (χ0n) is 13.2. The number of hydrogen-bond acceptors (Lipinski definition) is 0. The van der Waals surface area contributed by atoms with Crippen molar-refractivity contribution in [3.63, 3.8) is 0 Å². The first-order valence-electron chi connectivity index (χ1n) is 7.85. The van der Waals surface area contributed by atoms with Gasteiger partial charge in [-0.1, -0.05) is 107 Å². The molecule has 0 heterocycles. The molecular weight excluding hydrogens is 389 g/mol. The molecule has 0 spiro atoms. The minimum atomic E-state index is -4.43. The molecule has 0 fully saturated rings. The van der Waals surface area contributed by atoms with Gasteiger partial charge in [0.2, 0.25) is 0 Å². The third kappa shape index (κ3) is 3.49. The van der Waals surface area contributed by atoms with Crippen molar-refractivity contribution in [3.8, 4) is 0 Å². The number of rotatable bonds is 4. The smallest absolute Gasteiger partial charge is 0.170 e. The number of hydrogen-bond donors (Lipinski definition) is 0. The van der Waals surface area contributed by atoms with Crippen molar-refractivity contribution in [2.24, 2.45) is 0 Å². The molecule has 0 saturated heterocycles. The Hall–Kier alpha value is -2.07. The number of halogens is 4. The fourth-order valence-corrected chi connectivity index (χ4v) is 4.20. The topological polar surface area (TPSA) is 0 Å². The molecule has 0 saturated carbocycles. The van der Waals surface area contributed by atoms with E-state index in [1.165, 1.54) is 12.1 Å². The molecular formula is C21H16BrF3. The second kappa shape index (κ2) is 7.04. The lowest BCUT2D eigenvalue weighted by Gasteiger charge is -2.38. The van der Waals surface area contributed by atoms with Crippen LogP contribution in [0.25, 0.3) is 0 Å². The predicted octanol–water partition coefficient (Wildman–Crippen LogP) is 6.67. The first-order valence-corrected chi connectivity index (χ1v) is 8.65. The molecule has 0 nitrogen and oxygen atoms in total. The van der Waals surface area contributed by atoms with Crippen LogP contribution < -0.4 is 0 Å². The molecule has 0 aliphatic rings. The van der Waals surface area contributed by atoms with Crippen LogP contribution >= 0.6 is 15.9 Å². The van der Waals surface area contributed by atoms with Crippen LogP contribution in [0.5, 0.6) is 0 Å². The molecule has 0 aliphatic heterocycles. The molecule has 128 valence electrons.